The fourth-order valence-electron chi connectivity index (χ4n) is 1.60. The Labute approximate surface area is 119 Å². The van der Waals surface area contributed by atoms with Gasteiger partial charge in [0.25, 0.3) is 5.69 Å². The van der Waals surface area contributed by atoms with Gasteiger partial charge >= 0.3 is 0 Å². The van der Waals surface area contributed by atoms with Crippen molar-refractivity contribution < 1.29 is 13.3 Å². The van der Waals surface area contributed by atoms with Crippen molar-refractivity contribution in [2.24, 2.45) is 5.84 Å². The van der Waals surface area contributed by atoms with Crippen molar-refractivity contribution in [3.05, 3.63) is 46.5 Å². The molecule has 1 aromatic carbocycles. The number of sulfonamides is 1. The maximum Gasteiger partial charge on any atom is 0.289 e. The van der Waals surface area contributed by atoms with Crippen LogP contribution in [-0.4, -0.2) is 23.3 Å². The van der Waals surface area contributed by atoms with E-state index in [1.807, 2.05) is 0 Å². The fraction of sp³-hybridized carbons (Fsp3) is 0.100. The molecular formula is C10H12N6O4S. The van der Waals surface area contributed by atoms with Gasteiger partial charge in [-0.2, -0.15) is 0 Å². The number of nitro benzene ring substituents is 1. The number of hydrogen-bond acceptors (Lipinski definition) is 7. The van der Waals surface area contributed by atoms with Crippen molar-refractivity contribution in [2.75, 3.05) is 5.43 Å². The second kappa shape index (κ2) is 5.87. The molecule has 0 saturated heterocycles. The van der Waals surface area contributed by atoms with Crippen LogP contribution in [0.1, 0.15) is 5.69 Å². The molecule has 10 nitrogen and oxygen atoms in total. The monoisotopic (exact) mass is 312 g/mol. The van der Waals surface area contributed by atoms with Crippen molar-refractivity contribution in [1.82, 2.24) is 14.7 Å². The highest BCUT2D eigenvalue weighted by Gasteiger charge is 2.26. The van der Waals surface area contributed by atoms with Crippen LogP contribution in [0.2, 0.25) is 0 Å². The number of nitrogens with two attached hydrogens (primary N) is 1. The third-order valence-corrected chi connectivity index (χ3v) is 4.05. The van der Waals surface area contributed by atoms with Gasteiger partial charge < -0.3 is 10.4 Å². The normalized spacial score (nSPS) is 11.3. The zero-order valence-electron chi connectivity index (χ0n) is 10.6. The summed E-state index contributed by atoms with van der Waals surface area (Å²) in [5.41, 5.74) is 2.47. The van der Waals surface area contributed by atoms with Crippen molar-refractivity contribution in [2.45, 2.75) is 11.4 Å². The number of hydrogen-bond donors (Lipinski definition) is 4. The van der Waals surface area contributed by atoms with Crippen molar-refractivity contribution in [3.8, 4) is 0 Å². The van der Waals surface area contributed by atoms with Gasteiger partial charge in [-0.25, -0.2) is 18.1 Å². The Morgan fingerprint density at radius 3 is 2.76 bits per heavy atom. The zero-order valence-corrected chi connectivity index (χ0v) is 11.4. The molecule has 5 N–H and O–H groups in total. The number of nitrogens with one attached hydrogen (secondary N) is 3. The average molecular weight is 312 g/mol. The molecule has 0 bridgehead atoms. The number of imidazole rings is 1. The molecule has 1 aromatic heterocycles. The number of rotatable bonds is 6. The number of aromatic amines is 1. The summed E-state index contributed by atoms with van der Waals surface area (Å²) in [7, 11) is -4.08. The third kappa shape index (κ3) is 3.34. The summed E-state index contributed by atoms with van der Waals surface area (Å²) in [6.45, 7) is -0.0697. The summed E-state index contributed by atoms with van der Waals surface area (Å²) in [4.78, 5) is 16.2. The summed E-state index contributed by atoms with van der Waals surface area (Å²) in [5.74, 6) is 5.19. The Kier molecular flexibility index (Phi) is 4.16. The van der Waals surface area contributed by atoms with Gasteiger partial charge in [-0.3, -0.25) is 16.0 Å². The van der Waals surface area contributed by atoms with Gasteiger partial charge in [-0.15, -0.1) is 0 Å². The number of nitrogen functional groups attached to an aromatic ring is 1. The highest BCUT2D eigenvalue weighted by Crippen LogP contribution is 2.26. The lowest BCUT2D eigenvalue weighted by atomic mass is 10.3. The number of anilines is 1. The molecule has 0 atom stereocenters. The largest absolute Gasteiger partial charge is 0.347 e. The van der Waals surface area contributed by atoms with Gasteiger partial charge in [0.05, 0.1) is 23.5 Å². The van der Waals surface area contributed by atoms with Crippen molar-refractivity contribution in [1.29, 1.82) is 0 Å². The van der Waals surface area contributed by atoms with Gasteiger partial charge in [0, 0.05) is 18.0 Å². The van der Waals surface area contributed by atoms with Crippen LogP contribution in [0.4, 0.5) is 11.4 Å². The standard InChI is InChI=1S/C10H12N6O4S/c11-15-7-1-2-9(16(17)18)10(3-7)21(19,20)14-5-8-4-12-6-13-8/h1-4,6,14-15H,5,11H2,(H,12,13). The van der Waals surface area contributed by atoms with E-state index < -0.39 is 25.5 Å². The topological polar surface area (TPSA) is 156 Å². The summed E-state index contributed by atoms with van der Waals surface area (Å²) < 4.78 is 26.7. The molecule has 0 aliphatic carbocycles. The lowest BCUT2D eigenvalue weighted by Crippen LogP contribution is -2.24. The Hall–Kier alpha value is -2.50. The molecule has 0 spiro atoms. The molecular weight excluding hydrogens is 300 g/mol. The molecule has 0 aliphatic rings. The van der Waals surface area contributed by atoms with Crippen LogP contribution in [0.5, 0.6) is 0 Å². The highest BCUT2D eigenvalue weighted by atomic mass is 32.2. The minimum atomic E-state index is -4.08. The first-order valence-corrected chi connectivity index (χ1v) is 7.14. The fourth-order valence-corrected chi connectivity index (χ4v) is 2.80. The second-order valence-corrected chi connectivity index (χ2v) is 5.72. The van der Waals surface area contributed by atoms with Gasteiger partial charge in [0.1, 0.15) is 0 Å². The number of hydrazine groups is 1. The van der Waals surface area contributed by atoms with Crippen LogP contribution in [-0.2, 0) is 16.6 Å². The summed E-state index contributed by atoms with van der Waals surface area (Å²) >= 11 is 0. The molecule has 2 aromatic rings. The number of H-pyrrole nitrogens is 1. The van der Waals surface area contributed by atoms with E-state index in [0.717, 1.165) is 12.1 Å². The van der Waals surface area contributed by atoms with Crippen LogP contribution in [0.3, 0.4) is 0 Å². The number of benzene rings is 1. The number of aromatic nitrogens is 2. The zero-order chi connectivity index (χ0) is 15.5. The molecule has 0 fully saturated rings. The molecule has 21 heavy (non-hydrogen) atoms. The smallest absolute Gasteiger partial charge is 0.289 e. The molecule has 112 valence electrons. The Morgan fingerprint density at radius 1 is 1.43 bits per heavy atom. The van der Waals surface area contributed by atoms with Crippen LogP contribution in [0, 0.1) is 10.1 Å². The molecule has 2 rings (SSSR count). The number of nitrogens with zero attached hydrogens (tertiary/aromatic N) is 2. The maximum absolute atomic E-state index is 12.2. The van der Waals surface area contributed by atoms with Crippen LogP contribution in [0.25, 0.3) is 0 Å². The predicted molar refractivity (Wildman–Crippen MR) is 73.5 cm³/mol. The number of nitro groups is 1. The first-order valence-electron chi connectivity index (χ1n) is 5.66. The van der Waals surface area contributed by atoms with Crippen molar-refractivity contribution in [3.63, 3.8) is 0 Å². The molecule has 0 radical (unpaired) electrons. The van der Waals surface area contributed by atoms with Crippen LogP contribution in [0.15, 0.2) is 35.6 Å². The SMILES string of the molecule is NNc1ccc([N+](=O)[O-])c(S(=O)(=O)NCc2cnc[nH]2)c1. The Bertz CT molecular complexity index is 743. The van der Waals surface area contributed by atoms with Crippen LogP contribution < -0.4 is 16.0 Å². The van der Waals surface area contributed by atoms with Crippen LogP contribution >= 0.6 is 0 Å². The second-order valence-electron chi connectivity index (χ2n) is 3.99. The molecule has 0 saturated carbocycles. The van der Waals surface area contributed by atoms with E-state index in [4.69, 9.17) is 5.84 Å². The van der Waals surface area contributed by atoms with E-state index >= 15 is 0 Å². The summed E-state index contributed by atoms with van der Waals surface area (Å²) in [6.07, 6.45) is 2.83. The predicted octanol–water partition coefficient (Wildman–Crippen LogP) is 0.0820. The molecule has 11 heteroatoms. The van der Waals surface area contributed by atoms with Gasteiger partial charge in [-0.05, 0) is 12.1 Å². The summed E-state index contributed by atoms with van der Waals surface area (Å²) in [5, 5.41) is 10.9. The quantitative estimate of drug-likeness (QED) is 0.334. The van der Waals surface area contributed by atoms with E-state index in [9.17, 15) is 18.5 Å². The average Bonchev–Trinajstić information content (AvgIpc) is 2.98. The maximum atomic E-state index is 12.2. The van der Waals surface area contributed by atoms with E-state index in [2.05, 4.69) is 20.1 Å². The lowest BCUT2D eigenvalue weighted by Gasteiger charge is -2.08. The first kappa shape index (κ1) is 14.9. The Morgan fingerprint density at radius 2 is 2.19 bits per heavy atom. The van der Waals surface area contributed by atoms with E-state index in [-0.39, 0.29) is 12.2 Å². The van der Waals surface area contributed by atoms with Gasteiger partial charge in [-0.1, -0.05) is 0 Å². The van der Waals surface area contributed by atoms with E-state index in [0.29, 0.717) is 5.69 Å². The first-order chi connectivity index (χ1) is 9.94. The lowest BCUT2D eigenvalue weighted by molar-refractivity contribution is -0.387. The molecule has 1 heterocycles. The highest BCUT2D eigenvalue weighted by molar-refractivity contribution is 7.89. The molecule has 0 aliphatic heterocycles. The van der Waals surface area contributed by atoms with Gasteiger partial charge in [0.2, 0.25) is 10.0 Å². The van der Waals surface area contributed by atoms with E-state index in [1.54, 1.807) is 0 Å². The minimum absolute atomic E-state index is 0.0697. The third-order valence-electron chi connectivity index (χ3n) is 2.62. The van der Waals surface area contributed by atoms with Gasteiger partial charge in [0.15, 0.2) is 4.90 Å². The molecule has 0 amide bonds. The molecule has 0 unspecified atom stereocenters. The Balaban J connectivity index is 2.35. The summed E-state index contributed by atoms with van der Waals surface area (Å²) in [6, 6.07) is 3.47. The minimum Gasteiger partial charge on any atom is -0.347 e. The van der Waals surface area contributed by atoms with Crippen molar-refractivity contribution >= 4 is 21.4 Å². The van der Waals surface area contributed by atoms with E-state index in [1.165, 1.54) is 18.6 Å².